The maximum absolute atomic E-state index is 12.9. The molecule has 0 bridgehead atoms. The minimum atomic E-state index is 0.0389. The Labute approximate surface area is 169 Å². The third-order valence-corrected chi connectivity index (χ3v) is 5.68. The van der Waals surface area contributed by atoms with Crippen molar-refractivity contribution in [3.8, 4) is 0 Å². The standard InChI is InChI=1S/C23H33N3O2/c1-19(2)18-24-14-16-26(17-15-24)23(28)21-10-12-25(13-11-21)22(27)9-8-20-6-4-3-5-7-20/h3-9,19,21H,10-18H2,1-2H3. The summed E-state index contributed by atoms with van der Waals surface area (Å²) >= 11 is 0. The molecule has 5 nitrogen and oxygen atoms in total. The van der Waals surface area contributed by atoms with Gasteiger partial charge in [-0.2, -0.15) is 0 Å². The lowest BCUT2D eigenvalue weighted by molar-refractivity contribution is -0.140. The molecule has 2 aliphatic heterocycles. The van der Waals surface area contributed by atoms with Crippen molar-refractivity contribution in [2.45, 2.75) is 26.7 Å². The Morgan fingerprint density at radius 1 is 0.964 bits per heavy atom. The first kappa shape index (κ1) is 20.6. The summed E-state index contributed by atoms with van der Waals surface area (Å²) in [6.07, 6.45) is 5.05. The van der Waals surface area contributed by atoms with E-state index in [1.165, 1.54) is 0 Å². The van der Waals surface area contributed by atoms with Crippen LogP contribution in [0.3, 0.4) is 0 Å². The third-order valence-electron chi connectivity index (χ3n) is 5.68. The van der Waals surface area contributed by atoms with Crippen LogP contribution in [-0.2, 0) is 9.59 Å². The molecule has 0 saturated carbocycles. The van der Waals surface area contributed by atoms with Crippen molar-refractivity contribution in [2.75, 3.05) is 45.8 Å². The van der Waals surface area contributed by atoms with E-state index in [-0.39, 0.29) is 17.7 Å². The van der Waals surface area contributed by atoms with Gasteiger partial charge in [-0.25, -0.2) is 0 Å². The zero-order chi connectivity index (χ0) is 19.9. The van der Waals surface area contributed by atoms with Gasteiger partial charge in [-0.1, -0.05) is 44.2 Å². The van der Waals surface area contributed by atoms with E-state index in [1.54, 1.807) is 6.08 Å². The molecule has 0 aromatic heterocycles. The Balaban J connectivity index is 1.43. The van der Waals surface area contributed by atoms with Crippen molar-refractivity contribution in [1.82, 2.24) is 14.7 Å². The topological polar surface area (TPSA) is 43.9 Å². The summed E-state index contributed by atoms with van der Waals surface area (Å²) in [6.45, 7) is 10.6. The minimum Gasteiger partial charge on any atom is -0.340 e. The number of nitrogens with zero attached hydrogens (tertiary/aromatic N) is 3. The van der Waals surface area contributed by atoms with E-state index in [2.05, 4.69) is 18.7 Å². The molecular weight excluding hydrogens is 350 g/mol. The summed E-state index contributed by atoms with van der Waals surface area (Å²) in [5.41, 5.74) is 1.03. The van der Waals surface area contributed by atoms with Gasteiger partial charge in [0.05, 0.1) is 0 Å². The van der Waals surface area contributed by atoms with Gasteiger partial charge >= 0.3 is 0 Å². The summed E-state index contributed by atoms with van der Waals surface area (Å²) in [5, 5.41) is 0. The fourth-order valence-corrected chi connectivity index (χ4v) is 4.11. The van der Waals surface area contributed by atoms with Gasteiger partial charge in [0.1, 0.15) is 0 Å². The predicted octanol–water partition coefficient (Wildman–Crippen LogP) is 2.74. The highest BCUT2D eigenvalue weighted by molar-refractivity contribution is 5.92. The molecule has 152 valence electrons. The second-order valence-corrected chi connectivity index (χ2v) is 8.36. The van der Waals surface area contributed by atoms with Crippen molar-refractivity contribution in [3.05, 3.63) is 42.0 Å². The normalized spacial score (nSPS) is 19.5. The summed E-state index contributed by atoms with van der Waals surface area (Å²) < 4.78 is 0. The van der Waals surface area contributed by atoms with Crippen LogP contribution in [0.15, 0.2) is 36.4 Å². The summed E-state index contributed by atoms with van der Waals surface area (Å²) in [6, 6.07) is 9.85. The van der Waals surface area contributed by atoms with Crippen molar-refractivity contribution in [1.29, 1.82) is 0 Å². The quantitative estimate of drug-likeness (QED) is 0.735. The first-order valence-corrected chi connectivity index (χ1v) is 10.6. The van der Waals surface area contributed by atoms with Crippen LogP contribution in [-0.4, -0.2) is 72.3 Å². The fourth-order valence-electron chi connectivity index (χ4n) is 4.11. The Bertz CT molecular complexity index is 670. The van der Waals surface area contributed by atoms with E-state index in [4.69, 9.17) is 0 Å². The molecule has 1 aromatic carbocycles. The highest BCUT2D eigenvalue weighted by atomic mass is 16.2. The van der Waals surface area contributed by atoms with E-state index in [9.17, 15) is 9.59 Å². The Hall–Kier alpha value is -2.14. The van der Waals surface area contributed by atoms with Crippen molar-refractivity contribution >= 4 is 17.9 Å². The second-order valence-electron chi connectivity index (χ2n) is 8.36. The number of hydrogen-bond donors (Lipinski definition) is 0. The lowest BCUT2D eigenvalue weighted by Crippen LogP contribution is -2.52. The van der Waals surface area contributed by atoms with Gasteiger partial charge in [0, 0.05) is 57.8 Å². The Morgan fingerprint density at radius 3 is 2.21 bits per heavy atom. The molecule has 2 aliphatic rings. The first-order valence-electron chi connectivity index (χ1n) is 10.6. The number of carbonyl (C=O) groups is 2. The molecule has 2 saturated heterocycles. The number of piperazine rings is 1. The van der Waals surface area contributed by atoms with Gasteiger partial charge in [0.15, 0.2) is 0 Å². The van der Waals surface area contributed by atoms with Crippen LogP contribution < -0.4 is 0 Å². The van der Waals surface area contributed by atoms with E-state index in [1.807, 2.05) is 46.2 Å². The molecule has 1 aromatic rings. The predicted molar refractivity (Wildman–Crippen MR) is 113 cm³/mol. The number of likely N-dealkylation sites (tertiary alicyclic amines) is 1. The molecule has 0 radical (unpaired) electrons. The third kappa shape index (κ3) is 5.68. The molecule has 28 heavy (non-hydrogen) atoms. The van der Waals surface area contributed by atoms with E-state index in [0.29, 0.717) is 19.0 Å². The van der Waals surface area contributed by atoms with Gasteiger partial charge in [0.2, 0.25) is 11.8 Å². The average molecular weight is 384 g/mol. The molecule has 0 aliphatic carbocycles. The zero-order valence-corrected chi connectivity index (χ0v) is 17.2. The number of piperidine rings is 1. The van der Waals surface area contributed by atoms with Crippen LogP contribution in [0.4, 0.5) is 0 Å². The van der Waals surface area contributed by atoms with Gasteiger partial charge in [-0.05, 0) is 30.4 Å². The molecule has 5 heteroatoms. The minimum absolute atomic E-state index is 0.0389. The van der Waals surface area contributed by atoms with Gasteiger partial charge < -0.3 is 9.80 Å². The maximum Gasteiger partial charge on any atom is 0.246 e. The van der Waals surface area contributed by atoms with Crippen LogP contribution in [0.5, 0.6) is 0 Å². The SMILES string of the molecule is CC(C)CN1CCN(C(=O)C2CCN(C(=O)C=Cc3ccccc3)CC2)CC1. The molecular formula is C23H33N3O2. The van der Waals surface area contributed by atoms with Crippen LogP contribution in [0.2, 0.25) is 0 Å². The fraction of sp³-hybridized carbons (Fsp3) is 0.565. The van der Waals surface area contributed by atoms with E-state index >= 15 is 0 Å². The van der Waals surface area contributed by atoms with Gasteiger partial charge in [-0.15, -0.1) is 0 Å². The molecule has 3 rings (SSSR count). The second kappa shape index (κ2) is 9.87. The lowest BCUT2D eigenvalue weighted by Gasteiger charge is -2.39. The summed E-state index contributed by atoms with van der Waals surface area (Å²) in [4.78, 5) is 31.6. The van der Waals surface area contributed by atoms with Crippen molar-refractivity contribution < 1.29 is 9.59 Å². The maximum atomic E-state index is 12.9. The van der Waals surface area contributed by atoms with E-state index < -0.39 is 0 Å². The number of benzene rings is 1. The number of hydrogen-bond acceptors (Lipinski definition) is 3. The van der Waals surface area contributed by atoms with Crippen molar-refractivity contribution in [2.24, 2.45) is 11.8 Å². The van der Waals surface area contributed by atoms with E-state index in [0.717, 1.165) is 51.1 Å². The largest absolute Gasteiger partial charge is 0.340 e. The number of rotatable bonds is 5. The van der Waals surface area contributed by atoms with Gasteiger partial charge in [0.25, 0.3) is 0 Å². The number of carbonyl (C=O) groups excluding carboxylic acids is 2. The molecule has 0 spiro atoms. The first-order chi connectivity index (χ1) is 13.5. The summed E-state index contributed by atoms with van der Waals surface area (Å²) in [7, 11) is 0. The average Bonchev–Trinajstić information content (AvgIpc) is 2.72. The monoisotopic (exact) mass is 383 g/mol. The Morgan fingerprint density at radius 2 is 1.61 bits per heavy atom. The highest BCUT2D eigenvalue weighted by Gasteiger charge is 2.31. The lowest BCUT2D eigenvalue weighted by atomic mass is 9.94. The summed E-state index contributed by atoms with van der Waals surface area (Å²) in [5.74, 6) is 1.06. The molecule has 2 heterocycles. The molecule has 0 unspecified atom stereocenters. The van der Waals surface area contributed by atoms with Crippen LogP contribution in [0, 0.1) is 11.8 Å². The Kier molecular flexibility index (Phi) is 7.26. The molecule has 0 N–H and O–H groups in total. The van der Waals surface area contributed by atoms with Crippen LogP contribution in [0.25, 0.3) is 6.08 Å². The van der Waals surface area contributed by atoms with Crippen LogP contribution >= 0.6 is 0 Å². The molecule has 0 atom stereocenters. The number of amides is 2. The zero-order valence-electron chi connectivity index (χ0n) is 17.2. The van der Waals surface area contributed by atoms with Crippen molar-refractivity contribution in [3.63, 3.8) is 0 Å². The van der Waals surface area contributed by atoms with Crippen LogP contribution in [0.1, 0.15) is 32.3 Å². The highest BCUT2D eigenvalue weighted by Crippen LogP contribution is 2.21. The molecule has 2 amide bonds. The van der Waals surface area contributed by atoms with Gasteiger partial charge in [-0.3, -0.25) is 14.5 Å². The smallest absolute Gasteiger partial charge is 0.246 e. The molecule has 2 fully saturated rings.